The summed E-state index contributed by atoms with van der Waals surface area (Å²) in [6.45, 7) is 5.00. The molecular weight excluding hydrogens is 446 g/mol. The van der Waals surface area contributed by atoms with E-state index in [4.69, 9.17) is 4.74 Å². The molecule has 1 N–H and O–H groups in total. The summed E-state index contributed by atoms with van der Waals surface area (Å²) in [5.74, 6) is 0.281. The normalized spacial score (nSPS) is 11.7. The van der Waals surface area contributed by atoms with Crippen molar-refractivity contribution >= 4 is 42.6 Å². The van der Waals surface area contributed by atoms with E-state index in [2.05, 4.69) is 24.1 Å². The highest BCUT2D eigenvalue weighted by molar-refractivity contribution is 7.89. The molecule has 0 aliphatic carbocycles. The van der Waals surface area contributed by atoms with Crippen LogP contribution in [-0.4, -0.2) is 43.3 Å². The molecule has 0 radical (unpaired) electrons. The summed E-state index contributed by atoms with van der Waals surface area (Å²) in [5, 5.41) is 3.13. The Kier molecular flexibility index (Phi) is 8.60. The number of aromatic nitrogens is 1. The molecule has 0 atom stereocenters. The molecule has 1 aromatic heterocycles. The summed E-state index contributed by atoms with van der Waals surface area (Å²) in [6.07, 6.45) is 3.52. The molecule has 32 heavy (non-hydrogen) atoms. The second kappa shape index (κ2) is 11.4. The van der Waals surface area contributed by atoms with Gasteiger partial charge in [-0.25, -0.2) is 13.4 Å². The number of carbonyl (C=O) groups excluding carboxylic acids is 1. The van der Waals surface area contributed by atoms with Crippen LogP contribution in [0.15, 0.2) is 53.4 Å². The number of rotatable bonds is 12. The maximum atomic E-state index is 13.2. The zero-order chi connectivity index (χ0) is 23.0. The minimum absolute atomic E-state index is 0.136. The first-order valence-corrected chi connectivity index (χ1v) is 13.1. The van der Waals surface area contributed by atoms with Gasteiger partial charge in [0.1, 0.15) is 5.75 Å². The molecule has 3 aromatic rings. The maximum Gasteiger partial charge on any atom is 0.264 e. The maximum absolute atomic E-state index is 13.2. The quantitative estimate of drug-likeness (QED) is 0.402. The molecule has 3 rings (SSSR count). The van der Waals surface area contributed by atoms with Gasteiger partial charge in [0.2, 0.25) is 10.0 Å². The van der Waals surface area contributed by atoms with Crippen molar-refractivity contribution in [3.8, 4) is 5.75 Å². The highest BCUT2D eigenvalue weighted by Crippen LogP contribution is 2.29. The topological polar surface area (TPSA) is 88.6 Å². The number of unbranched alkanes of at least 4 members (excludes halogenated alkanes) is 2. The Balaban J connectivity index is 1.72. The van der Waals surface area contributed by atoms with Crippen LogP contribution in [0.2, 0.25) is 0 Å². The molecule has 0 fully saturated rings. The van der Waals surface area contributed by atoms with Crippen molar-refractivity contribution in [1.29, 1.82) is 0 Å². The molecule has 2 aromatic carbocycles. The zero-order valence-corrected chi connectivity index (χ0v) is 20.0. The predicted molar refractivity (Wildman–Crippen MR) is 129 cm³/mol. The Morgan fingerprint density at radius 2 is 1.75 bits per heavy atom. The summed E-state index contributed by atoms with van der Waals surface area (Å²) in [5.41, 5.74) is 0.641. The zero-order valence-electron chi connectivity index (χ0n) is 18.4. The molecule has 9 heteroatoms. The average Bonchev–Trinajstić information content (AvgIpc) is 3.19. The minimum Gasteiger partial charge on any atom is -0.484 e. The molecular formula is C23H29N3O4S2. The third-order valence-electron chi connectivity index (χ3n) is 4.88. The number of ether oxygens (including phenoxy) is 1. The second-order valence-corrected chi connectivity index (χ2v) is 10.4. The van der Waals surface area contributed by atoms with Crippen molar-refractivity contribution in [3.05, 3.63) is 48.5 Å². The van der Waals surface area contributed by atoms with Crippen LogP contribution < -0.4 is 10.1 Å². The van der Waals surface area contributed by atoms with Gasteiger partial charge in [-0.1, -0.05) is 56.2 Å². The predicted octanol–water partition coefficient (Wildman–Crippen LogP) is 4.90. The molecule has 0 bridgehead atoms. The molecule has 0 saturated heterocycles. The Morgan fingerprint density at radius 3 is 2.41 bits per heavy atom. The first-order chi connectivity index (χ1) is 15.4. The van der Waals surface area contributed by atoms with Crippen LogP contribution in [0, 0.1) is 0 Å². The summed E-state index contributed by atoms with van der Waals surface area (Å²) in [6, 6.07) is 14.0. The minimum atomic E-state index is -3.59. The lowest BCUT2D eigenvalue weighted by atomic mass is 10.3. The van der Waals surface area contributed by atoms with Gasteiger partial charge in [-0.2, -0.15) is 4.31 Å². The SMILES string of the molecule is CCCCN(CCCC)S(=O)(=O)c1ccc2nc(NC(=O)COc3ccccc3)sc2c1. The van der Waals surface area contributed by atoms with E-state index in [9.17, 15) is 13.2 Å². The van der Waals surface area contributed by atoms with Gasteiger partial charge in [0.25, 0.3) is 5.91 Å². The molecule has 7 nitrogen and oxygen atoms in total. The van der Waals surface area contributed by atoms with Gasteiger partial charge in [-0.05, 0) is 43.2 Å². The highest BCUT2D eigenvalue weighted by Gasteiger charge is 2.24. The summed E-state index contributed by atoms with van der Waals surface area (Å²) in [4.78, 5) is 16.9. The number of anilines is 1. The lowest BCUT2D eigenvalue weighted by Gasteiger charge is -2.21. The van der Waals surface area contributed by atoms with E-state index >= 15 is 0 Å². The molecule has 0 spiro atoms. The van der Waals surface area contributed by atoms with Crippen molar-refractivity contribution in [1.82, 2.24) is 9.29 Å². The summed E-state index contributed by atoms with van der Waals surface area (Å²) in [7, 11) is -3.59. The summed E-state index contributed by atoms with van der Waals surface area (Å²) < 4.78 is 34.2. The number of hydrogen-bond donors (Lipinski definition) is 1. The third kappa shape index (κ3) is 6.27. The average molecular weight is 476 g/mol. The van der Waals surface area contributed by atoms with Crippen LogP contribution in [-0.2, 0) is 14.8 Å². The van der Waals surface area contributed by atoms with E-state index < -0.39 is 10.0 Å². The lowest BCUT2D eigenvalue weighted by molar-refractivity contribution is -0.118. The number of sulfonamides is 1. The van der Waals surface area contributed by atoms with Gasteiger partial charge in [-0.3, -0.25) is 10.1 Å². The van der Waals surface area contributed by atoms with Crippen LogP contribution >= 0.6 is 11.3 Å². The van der Waals surface area contributed by atoms with Crippen molar-refractivity contribution in [2.75, 3.05) is 25.0 Å². The van der Waals surface area contributed by atoms with E-state index in [1.807, 2.05) is 18.2 Å². The van der Waals surface area contributed by atoms with E-state index in [0.29, 0.717) is 34.2 Å². The van der Waals surface area contributed by atoms with Crippen LogP contribution in [0.25, 0.3) is 10.2 Å². The number of nitrogens with zero attached hydrogens (tertiary/aromatic N) is 2. The van der Waals surface area contributed by atoms with E-state index in [1.165, 1.54) is 11.3 Å². The van der Waals surface area contributed by atoms with Gasteiger partial charge in [-0.15, -0.1) is 0 Å². The van der Waals surface area contributed by atoms with Crippen LogP contribution in [0.1, 0.15) is 39.5 Å². The molecule has 0 aliphatic rings. The van der Waals surface area contributed by atoms with Crippen LogP contribution in [0.5, 0.6) is 5.75 Å². The fraction of sp³-hybridized carbons (Fsp3) is 0.391. The number of benzene rings is 2. The molecule has 1 heterocycles. The number of para-hydroxylation sites is 1. The number of hydrogen-bond acceptors (Lipinski definition) is 6. The van der Waals surface area contributed by atoms with Gasteiger partial charge < -0.3 is 4.74 Å². The second-order valence-electron chi connectivity index (χ2n) is 7.41. The Labute approximate surface area is 193 Å². The van der Waals surface area contributed by atoms with Crippen LogP contribution in [0.4, 0.5) is 5.13 Å². The number of carbonyl (C=O) groups is 1. The number of nitrogens with one attached hydrogen (secondary N) is 1. The molecule has 1 amide bonds. The Morgan fingerprint density at radius 1 is 1.06 bits per heavy atom. The van der Waals surface area contributed by atoms with Gasteiger partial charge in [0.15, 0.2) is 11.7 Å². The molecule has 0 aliphatic heterocycles. The van der Waals surface area contributed by atoms with E-state index in [0.717, 1.165) is 25.7 Å². The van der Waals surface area contributed by atoms with Crippen molar-refractivity contribution < 1.29 is 17.9 Å². The smallest absolute Gasteiger partial charge is 0.264 e. The standard InChI is InChI=1S/C23H29N3O4S2/c1-3-5-14-26(15-6-4-2)32(28,29)19-12-13-20-21(16-19)31-23(24-20)25-22(27)17-30-18-10-8-7-9-11-18/h7-13,16H,3-6,14-15,17H2,1-2H3,(H,24,25,27). The van der Waals surface area contributed by atoms with Gasteiger partial charge in [0, 0.05) is 13.1 Å². The van der Waals surface area contributed by atoms with Crippen molar-refractivity contribution in [3.63, 3.8) is 0 Å². The Hall–Kier alpha value is -2.49. The number of amides is 1. The largest absolute Gasteiger partial charge is 0.484 e. The van der Waals surface area contributed by atoms with E-state index in [1.54, 1.807) is 34.6 Å². The van der Waals surface area contributed by atoms with Crippen molar-refractivity contribution in [2.45, 2.75) is 44.4 Å². The van der Waals surface area contributed by atoms with Crippen LogP contribution in [0.3, 0.4) is 0 Å². The monoisotopic (exact) mass is 475 g/mol. The fourth-order valence-electron chi connectivity index (χ4n) is 3.11. The lowest BCUT2D eigenvalue weighted by Crippen LogP contribution is -2.33. The van der Waals surface area contributed by atoms with E-state index in [-0.39, 0.29) is 17.4 Å². The Bertz CT molecular complexity index is 1120. The first kappa shape index (κ1) is 24.2. The number of thiazole rings is 1. The first-order valence-electron chi connectivity index (χ1n) is 10.8. The number of fused-ring (bicyclic) bond motifs is 1. The molecule has 0 unspecified atom stereocenters. The fourth-order valence-corrected chi connectivity index (χ4v) is 5.65. The third-order valence-corrected chi connectivity index (χ3v) is 7.71. The van der Waals surface area contributed by atoms with Crippen molar-refractivity contribution in [2.24, 2.45) is 0 Å². The highest BCUT2D eigenvalue weighted by atomic mass is 32.2. The summed E-state index contributed by atoms with van der Waals surface area (Å²) >= 11 is 1.24. The molecule has 0 saturated carbocycles. The molecule has 172 valence electrons. The van der Waals surface area contributed by atoms with Gasteiger partial charge >= 0.3 is 0 Å². The van der Waals surface area contributed by atoms with Gasteiger partial charge in [0.05, 0.1) is 15.1 Å².